The molecule has 0 saturated carbocycles. The van der Waals surface area contributed by atoms with Crippen LogP contribution in [0.2, 0.25) is 0 Å². The van der Waals surface area contributed by atoms with Crippen LogP contribution in [-0.4, -0.2) is 35.7 Å². The molecule has 0 saturated heterocycles. The topological polar surface area (TPSA) is 23.6 Å². The fourth-order valence-corrected chi connectivity index (χ4v) is 4.04. The third-order valence-corrected chi connectivity index (χ3v) is 5.36. The number of likely N-dealkylation sites (N-methyl/N-ethyl adjacent to an activating group) is 2. The molecule has 3 rings (SSSR count). The van der Waals surface area contributed by atoms with E-state index in [-0.39, 0.29) is 17.9 Å². The monoisotopic (exact) mass is 386 g/mol. The van der Waals surface area contributed by atoms with Crippen molar-refractivity contribution in [2.75, 3.05) is 14.1 Å². The zero-order chi connectivity index (χ0) is 20.6. The maximum atomic E-state index is 12.9. The molecule has 0 N–H and O–H groups in total. The molecule has 0 aromatic heterocycles. The van der Waals surface area contributed by atoms with Crippen molar-refractivity contribution in [1.29, 1.82) is 0 Å². The molecule has 3 heteroatoms. The maximum absolute atomic E-state index is 12.9. The van der Waals surface area contributed by atoms with E-state index in [2.05, 4.69) is 65.4 Å². The minimum absolute atomic E-state index is 0.0392. The number of rotatable bonds is 9. The first-order valence-corrected chi connectivity index (χ1v) is 10.1. The van der Waals surface area contributed by atoms with Gasteiger partial charge in [-0.05, 0) is 37.7 Å². The highest BCUT2D eigenvalue weighted by Crippen LogP contribution is 2.29. The van der Waals surface area contributed by atoms with Crippen LogP contribution in [-0.2, 0) is 17.9 Å². The van der Waals surface area contributed by atoms with Crippen LogP contribution < -0.4 is 0 Å². The van der Waals surface area contributed by atoms with E-state index in [9.17, 15) is 4.79 Å². The molecule has 150 valence electrons. The number of hydrogen-bond acceptors (Lipinski definition) is 3. The summed E-state index contributed by atoms with van der Waals surface area (Å²) in [4.78, 5) is 17.3. The van der Waals surface area contributed by atoms with Gasteiger partial charge in [-0.2, -0.15) is 0 Å². The molecule has 29 heavy (non-hydrogen) atoms. The Kier molecular flexibility index (Phi) is 7.34. The van der Waals surface area contributed by atoms with Crippen molar-refractivity contribution in [3.8, 4) is 0 Å². The van der Waals surface area contributed by atoms with Crippen molar-refractivity contribution in [2.24, 2.45) is 0 Å². The van der Waals surface area contributed by atoms with Gasteiger partial charge in [0.1, 0.15) is 5.78 Å². The Morgan fingerprint density at radius 3 is 1.55 bits per heavy atom. The van der Waals surface area contributed by atoms with E-state index in [4.69, 9.17) is 0 Å². The minimum atomic E-state index is -0.244. The predicted molar refractivity (Wildman–Crippen MR) is 119 cm³/mol. The van der Waals surface area contributed by atoms with Gasteiger partial charge in [-0.15, -0.1) is 0 Å². The number of nitrogens with zero attached hydrogens (tertiary/aromatic N) is 2. The molecular weight excluding hydrogens is 356 g/mol. The lowest BCUT2D eigenvalue weighted by Gasteiger charge is -2.38. The largest absolute Gasteiger partial charge is 0.298 e. The fraction of sp³-hybridized carbons (Fsp3) is 0.269. The molecule has 0 aliphatic carbocycles. The van der Waals surface area contributed by atoms with E-state index < -0.39 is 0 Å². The number of carbonyl (C=O) groups is 1. The summed E-state index contributed by atoms with van der Waals surface area (Å²) < 4.78 is 0. The molecule has 3 aromatic rings. The van der Waals surface area contributed by atoms with Crippen LogP contribution in [0.25, 0.3) is 0 Å². The van der Waals surface area contributed by atoms with Gasteiger partial charge in [-0.3, -0.25) is 14.6 Å². The standard InChI is InChI=1S/C26H30N2O/c1-21(29)25(27(2)19-22-13-7-4-8-14-22)26(24-17-11-6-12-18-24)28(3)20-23-15-9-5-10-16-23/h4-18,25-26H,19-20H2,1-3H3. The van der Waals surface area contributed by atoms with E-state index in [0.717, 1.165) is 18.7 Å². The van der Waals surface area contributed by atoms with Crippen molar-refractivity contribution < 1.29 is 4.79 Å². The van der Waals surface area contributed by atoms with Gasteiger partial charge in [-0.1, -0.05) is 91.0 Å². The van der Waals surface area contributed by atoms with E-state index in [1.165, 1.54) is 11.1 Å². The van der Waals surface area contributed by atoms with Crippen LogP contribution in [0, 0.1) is 0 Å². The summed E-state index contributed by atoms with van der Waals surface area (Å²) in [6.45, 7) is 3.22. The molecule has 0 spiro atoms. The molecule has 0 amide bonds. The van der Waals surface area contributed by atoms with Crippen molar-refractivity contribution in [2.45, 2.75) is 32.1 Å². The second kappa shape index (κ2) is 10.1. The maximum Gasteiger partial charge on any atom is 0.148 e. The molecule has 3 nitrogen and oxygen atoms in total. The summed E-state index contributed by atoms with van der Waals surface area (Å²) in [5.74, 6) is 0.178. The van der Waals surface area contributed by atoms with E-state index in [0.29, 0.717) is 0 Å². The lowest BCUT2D eigenvalue weighted by atomic mass is 9.93. The Morgan fingerprint density at radius 2 is 1.10 bits per heavy atom. The average Bonchev–Trinajstić information content (AvgIpc) is 2.73. The molecular formula is C26H30N2O. The van der Waals surface area contributed by atoms with Gasteiger partial charge in [0, 0.05) is 13.1 Å². The molecule has 0 radical (unpaired) electrons. The summed E-state index contributed by atoms with van der Waals surface area (Å²) in [5, 5.41) is 0. The number of hydrogen-bond donors (Lipinski definition) is 0. The molecule has 0 heterocycles. The van der Waals surface area contributed by atoms with E-state index in [1.807, 2.05) is 49.5 Å². The average molecular weight is 387 g/mol. The van der Waals surface area contributed by atoms with Crippen LogP contribution in [0.1, 0.15) is 29.7 Å². The molecule has 0 aliphatic rings. The molecule has 3 aromatic carbocycles. The predicted octanol–water partition coefficient (Wildman–Crippen LogP) is 4.95. The van der Waals surface area contributed by atoms with E-state index in [1.54, 1.807) is 6.92 Å². The number of carbonyl (C=O) groups excluding carboxylic acids is 1. The SMILES string of the molecule is CC(=O)C(C(c1ccccc1)N(C)Cc1ccccc1)N(C)Cc1ccccc1. The van der Waals surface area contributed by atoms with Gasteiger partial charge >= 0.3 is 0 Å². The quantitative estimate of drug-likeness (QED) is 0.520. The van der Waals surface area contributed by atoms with Gasteiger partial charge in [0.2, 0.25) is 0 Å². The summed E-state index contributed by atoms with van der Waals surface area (Å²) in [5.41, 5.74) is 3.61. The number of ketones is 1. The summed E-state index contributed by atoms with van der Waals surface area (Å²) >= 11 is 0. The van der Waals surface area contributed by atoms with Crippen LogP contribution >= 0.6 is 0 Å². The van der Waals surface area contributed by atoms with Gasteiger partial charge in [-0.25, -0.2) is 0 Å². The molecule has 0 bridgehead atoms. The van der Waals surface area contributed by atoms with Crippen molar-refractivity contribution in [1.82, 2.24) is 9.80 Å². The molecule has 0 aliphatic heterocycles. The van der Waals surface area contributed by atoms with Crippen molar-refractivity contribution in [3.05, 3.63) is 108 Å². The Labute approximate surface area is 174 Å². The van der Waals surface area contributed by atoms with Crippen LogP contribution in [0.5, 0.6) is 0 Å². The van der Waals surface area contributed by atoms with Crippen molar-refractivity contribution >= 4 is 5.78 Å². The van der Waals surface area contributed by atoms with Crippen LogP contribution in [0.15, 0.2) is 91.0 Å². The Hall–Kier alpha value is -2.75. The van der Waals surface area contributed by atoms with Gasteiger partial charge in [0.15, 0.2) is 0 Å². The van der Waals surface area contributed by atoms with E-state index >= 15 is 0 Å². The lowest BCUT2D eigenvalue weighted by molar-refractivity contribution is -0.124. The first-order chi connectivity index (χ1) is 14.1. The zero-order valence-electron chi connectivity index (χ0n) is 17.5. The second-order valence-electron chi connectivity index (χ2n) is 7.71. The van der Waals surface area contributed by atoms with Crippen molar-refractivity contribution in [3.63, 3.8) is 0 Å². The van der Waals surface area contributed by atoms with Crippen LogP contribution in [0.3, 0.4) is 0 Å². The Morgan fingerprint density at radius 1 is 0.690 bits per heavy atom. The van der Waals surface area contributed by atoms with Gasteiger partial charge < -0.3 is 0 Å². The zero-order valence-corrected chi connectivity index (χ0v) is 17.5. The normalized spacial score (nSPS) is 13.4. The first kappa shape index (κ1) is 21.0. The Bertz CT molecular complexity index is 880. The summed E-state index contributed by atoms with van der Waals surface area (Å²) in [7, 11) is 4.16. The molecule has 2 unspecified atom stereocenters. The first-order valence-electron chi connectivity index (χ1n) is 10.1. The number of benzene rings is 3. The Balaban J connectivity index is 1.92. The third kappa shape index (κ3) is 5.63. The summed E-state index contributed by atoms with van der Waals surface area (Å²) in [6.07, 6.45) is 0. The third-order valence-electron chi connectivity index (χ3n) is 5.36. The fourth-order valence-electron chi connectivity index (χ4n) is 4.04. The lowest BCUT2D eigenvalue weighted by Crippen LogP contribution is -2.47. The van der Waals surface area contributed by atoms with Gasteiger partial charge in [0.25, 0.3) is 0 Å². The molecule has 2 atom stereocenters. The highest BCUT2D eigenvalue weighted by molar-refractivity contribution is 5.82. The number of Topliss-reactive ketones (excluding diaryl/α,β-unsaturated/α-hetero) is 1. The minimum Gasteiger partial charge on any atom is -0.298 e. The molecule has 0 fully saturated rings. The highest BCUT2D eigenvalue weighted by atomic mass is 16.1. The highest BCUT2D eigenvalue weighted by Gasteiger charge is 2.33. The second-order valence-corrected chi connectivity index (χ2v) is 7.71. The smallest absolute Gasteiger partial charge is 0.148 e. The van der Waals surface area contributed by atoms with Crippen LogP contribution in [0.4, 0.5) is 0 Å². The summed E-state index contributed by atoms with van der Waals surface area (Å²) in [6, 6.07) is 30.8. The van der Waals surface area contributed by atoms with Gasteiger partial charge in [0.05, 0.1) is 12.1 Å².